The number of hydrogen-bond donors (Lipinski definition) is 1. The first-order valence-corrected chi connectivity index (χ1v) is 6.15. The van der Waals surface area contributed by atoms with Crippen molar-refractivity contribution in [1.82, 2.24) is 0 Å². The van der Waals surface area contributed by atoms with Crippen molar-refractivity contribution >= 4 is 11.6 Å². The summed E-state index contributed by atoms with van der Waals surface area (Å²) in [6.07, 6.45) is 4.89. The lowest BCUT2D eigenvalue weighted by Gasteiger charge is -2.06. The quantitative estimate of drug-likeness (QED) is 0.725. The Morgan fingerprint density at radius 2 is 2.06 bits per heavy atom. The standard InChI is InChI=1S/C14H21NO/c1-3-5-6-10-14(16)15-13-9-7-8-12(4-2)11-13/h7-9,11H,3-6,10H2,1-2H3,(H,15,16). The van der Waals surface area contributed by atoms with E-state index in [1.165, 1.54) is 5.56 Å². The summed E-state index contributed by atoms with van der Waals surface area (Å²) in [5.41, 5.74) is 2.17. The Labute approximate surface area is 98.1 Å². The fourth-order valence-electron chi connectivity index (χ4n) is 1.63. The van der Waals surface area contributed by atoms with Crippen LogP contribution >= 0.6 is 0 Å². The van der Waals surface area contributed by atoms with Gasteiger partial charge in [-0.1, -0.05) is 38.8 Å². The van der Waals surface area contributed by atoms with Crippen LogP contribution in [0.2, 0.25) is 0 Å². The summed E-state index contributed by atoms with van der Waals surface area (Å²) in [4.78, 5) is 11.6. The van der Waals surface area contributed by atoms with E-state index >= 15 is 0 Å². The molecule has 0 bridgehead atoms. The van der Waals surface area contributed by atoms with Gasteiger partial charge in [-0.05, 0) is 30.5 Å². The van der Waals surface area contributed by atoms with Gasteiger partial charge in [0.2, 0.25) is 5.91 Å². The highest BCUT2D eigenvalue weighted by molar-refractivity contribution is 5.90. The molecule has 2 heteroatoms. The van der Waals surface area contributed by atoms with E-state index in [4.69, 9.17) is 0 Å². The lowest BCUT2D eigenvalue weighted by molar-refractivity contribution is -0.116. The van der Waals surface area contributed by atoms with Crippen LogP contribution in [0, 0.1) is 0 Å². The molecule has 0 heterocycles. The molecule has 1 amide bonds. The first-order chi connectivity index (χ1) is 7.76. The average Bonchev–Trinajstić information content (AvgIpc) is 2.29. The largest absolute Gasteiger partial charge is 0.326 e. The molecule has 0 saturated carbocycles. The van der Waals surface area contributed by atoms with Crippen molar-refractivity contribution in [3.05, 3.63) is 29.8 Å². The smallest absolute Gasteiger partial charge is 0.224 e. The average molecular weight is 219 g/mol. The zero-order valence-corrected chi connectivity index (χ0v) is 10.3. The summed E-state index contributed by atoms with van der Waals surface area (Å²) in [7, 11) is 0. The molecule has 2 nitrogen and oxygen atoms in total. The number of nitrogens with one attached hydrogen (secondary N) is 1. The van der Waals surface area contributed by atoms with Crippen LogP contribution < -0.4 is 5.32 Å². The number of aryl methyl sites for hydroxylation is 1. The molecule has 16 heavy (non-hydrogen) atoms. The van der Waals surface area contributed by atoms with Gasteiger partial charge < -0.3 is 5.32 Å². The molecule has 0 unspecified atom stereocenters. The van der Waals surface area contributed by atoms with E-state index in [2.05, 4.69) is 25.2 Å². The Balaban J connectivity index is 2.43. The molecule has 0 fully saturated rings. The zero-order chi connectivity index (χ0) is 11.8. The lowest BCUT2D eigenvalue weighted by Crippen LogP contribution is -2.11. The van der Waals surface area contributed by atoms with Crippen molar-refractivity contribution in [2.24, 2.45) is 0 Å². The number of carbonyl (C=O) groups is 1. The van der Waals surface area contributed by atoms with Gasteiger partial charge in [-0.3, -0.25) is 4.79 Å². The maximum Gasteiger partial charge on any atom is 0.224 e. The predicted octanol–water partition coefficient (Wildman–Crippen LogP) is 3.77. The summed E-state index contributed by atoms with van der Waals surface area (Å²) < 4.78 is 0. The van der Waals surface area contributed by atoms with Crippen LogP contribution in [-0.2, 0) is 11.2 Å². The molecular weight excluding hydrogens is 198 g/mol. The van der Waals surface area contributed by atoms with Crippen LogP contribution in [0.15, 0.2) is 24.3 Å². The van der Waals surface area contributed by atoms with Crippen LogP contribution in [0.5, 0.6) is 0 Å². The highest BCUT2D eigenvalue weighted by Crippen LogP contribution is 2.12. The summed E-state index contributed by atoms with van der Waals surface area (Å²) in [5.74, 6) is 0.127. The zero-order valence-electron chi connectivity index (χ0n) is 10.3. The first-order valence-electron chi connectivity index (χ1n) is 6.15. The van der Waals surface area contributed by atoms with Gasteiger partial charge in [0.1, 0.15) is 0 Å². The third kappa shape index (κ3) is 4.47. The normalized spacial score (nSPS) is 10.1. The third-order valence-electron chi connectivity index (χ3n) is 2.63. The van der Waals surface area contributed by atoms with E-state index in [0.29, 0.717) is 6.42 Å². The molecule has 0 spiro atoms. The summed E-state index contributed by atoms with van der Waals surface area (Å²) in [5, 5.41) is 2.94. The number of anilines is 1. The van der Waals surface area contributed by atoms with Gasteiger partial charge in [-0.2, -0.15) is 0 Å². The Hall–Kier alpha value is -1.31. The topological polar surface area (TPSA) is 29.1 Å². The van der Waals surface area contributed by atoms with Crippen LogP contribution in [0.25, 0.3) is 0 Å². The highest BCUT2D eigenvalue weighted by atomic mass is 16.1. The number of rotatable bonds is 6. The van der Waals surface area contributed by atoms with E-state index < -0.39 is 0 Å². The van der Waals surface area contributed by atoms with Crippen molar-refractivity contribution in [3.8, 4) is 0 Å². The third-order valence-corrected chi connectivity index (χ3v) is 2.63. The van der Waals surface area contributed by atoms with E-state index in [0.717, 1.165) is 31.4 Å². The van der Waals surface area contributed by atoms with Gasteiger partial charge in [0.15, 0.2) is 0 Å². The fourth-order valence-corrected chi connectivity index (χ4v) is 1.63. The minimum atomic E-state index is 0.127. The minimum absolute atomic E-state index is 0.127. The summed E-state index contributed by atoms with van der Waals surface area (Å²) in [6.45, 7) is 4.25. The molecular formula is C14H21NO. The molecule has 0 saturated heterocycles. The van der Waals surface area contributed by atoms with Gasteiger partial charge in [-0.25, -0.2) is 0 Å². The molecule has 0 atom stereocenters. The van der Waals surface area contributed by atoms with E-state index in [1.807, 2.05) is 18.2 Å². The molecule has 1 aromatic carbocycles. The van der Waals surface area contributed by atoms with Gasteiger partial charge >= 0.3 is 0 Å². The van der Waals surface area contributed by atoms with Crippen LogP contribution in [0.4, 0.5) is 5.69 Å². The molecule has 0 aromatic heterocycles. The molecule has 0 aliphatic heterocycles. The number of hydrogen-bond acceptors (Lipinski definition) is 1. The minimum Gasteiger partial charge on any atom is -0.326 e. The highest BCUT2D eigenvalue weighted by Gasteiger charge is 2.01. The first kappa shape index (κ1) is 12.8. The van der Waals surface area contributed by atoms with E-state index in [-0.39, 0.29) is 5.91 Å². The maximum atomic E-state index is 11.6. The predicted molar refractivity (Wildman–Crippen MR) is 68.6 cm³/mol. The maximum absolute atomic E-state index is 11.6. The fraction of sp³-hybridized carbons (Fsp3) is 0.500. The summed E-state index contributed by atoms with van der Waals surface area (Å²) >= 11 is 0. The molecule has 0 aliphatic carbocycles. The Morgan fingerprint density at radius 1 is 1.25 bits per heavy atom. The van der Waals surface area contributed by atoms with E-state index in [9.17, 15) is 4.79 Å². The van der Waals surface area contributed by atoms with Crippen molar-refractivity contribution in [2.75, 3.05) is 5.32 Å². The Kier molecular flexibility index (Phi) is 5.62. The second kappa shape index (κ2) is 7.04. The van der Waals surface area contributed by atoms with Crippen molar-refractivity contribution in [2.45, 2.75) is 46.0 Å². The molecule has 0 radical (unpaired) electrons. The van der Waals surface area contributed by atoms with Gasteiger partial charge in [0.05, 0.1) is 0 Å². The molecule has 1 aromatic rings. The van der Waals surface area contributed by atoms with Crippen molar-refractivity contribution < 1.29 is 4.79 Å². The number of unbranched alkanes of at least 4 members (excludes halogenated alkanes) is 2. The number of carbonyl (C=O) groups excluding carboxylic acids is 1. The molecule has 0 aliphatic rings. The second-order valence-electron chi connectivity index (χ2n) is 4.06. The van der Waals surface area contributed by atoms with E-state index in [1.54, 1.807) is 0 Å². The molecule has 88 valence electrons. The van der Waals surface area contributed by atoms with Gasteiger partial charge in [-0.15, -0.1) is 0 Å². The monoisotopic (exact) mass is 219 g/mol. The number of amides is 1. The SMILES string of the molecule is CCCCCC(=O)Nc1cccc(CC)c1. The van der Waals surface area contributed by atoms with Gasteiger partial charge in [0.25, 0.3) is 0 Å². The Bertz CT molecular complexity index is 333. The van der Waals surface area contributed by atoms with Crippen molar-refractivity contribution in [3.63, 3.8) is 0 Å². The van der Waals surface area contributed by atoms with Crippen molar-refractivity contribution in [1.29, 1.82) is 0 Å². The number of benzene rings is 1. The van der Waals surface area contributed by atoms with Crippen LogP contribution in [-0.4, -0.2) is 5.91 Å². The van der Waals surface area contributed by atoms with Gasteiger partial charge in [0, 0.05) is 12.1 Å². The molecule has 1 N–H and O–H groups in total. The van der Waals surface area contributed by atoms with Crippen LogP contribution in [0.3, 0.4) is 0 Å². The lowest BCUT2D eigenvalue weighted by atomic mass is 10.1. The summed E-state index contributed by atoms with van der Waals surface area (Å²) in [6, 6.07) is 8.04. The Morgan fingerprint density at radius 3 is 2.75 bits per heavy atom. The van der Waals surface area contributed by atoms with Crippen LogP contribution in [0.1, 0.15) is 45.1 Å². The second-order valence-corrected chi connectivity index (χ2v) is 4.06. The molecule has 1 rings (SSSR count).